The number of aromatic nitrogens is 1. The first-order chi connectivity index (χ1) is 12.7. The van der Waals surface area contributed by atoms with Crippen molar-refractivity contribution in [3.8, 4) is 11.3 Å². The first-order valence-corrected chi connectivity index (χ1v) is 8.64. The van der Waals surface area contributed by atoms with Crippen LogP contribution in [0.4, 0.5) is 0 Å². The molecule has 1 fully saturated rings. The SMILES string of the molecule is Cc1cc(C[C@@H]2COC[C@@H]2NC(=O)c2cccc(-c3ccco3)c2)on1. The lowest BCUT2D eigenvalue weighted by molar-refractivity contribution is 0.0924. The number of carbonyl (C=O) groups is 1. The summed E-state index contributed by atoms with van der Waals surface area (Å²) in [5.74, 6) is 1.60. The molecule has 26 heavy (non-hydrogen) atoms. The zero-order chi connectivity index (χ0) is 17.9. The van der Waals surface area contributed by atoms with Crippen LogP contribution in [0.3, 0.4) is 0 Å². The van der Waals surface area contributed by atoms with Crippen molar-refractivity contribution in [3.63, 3.8) is 0 Å². The average Bonchev–Trinajstić information content (AvgIpc) is 3.39. The summed E-state index contributed by atoms with van der Waals surface area (Å²) in [5.41, 5.74) is 2.33. The van der Waals surface area contributed by atoms with Crippen LogP contribution in [-0.4, -0.2) is 30.3 Å². The highest BCUT2D eigenvalue weighted by Crippen LogP contribution is 2.22. The predicted octanol–water partition coefficient (Wildman–Crippen LogP) is 3.23. The third-order valence-electron chi connectivity index (χ3n) is 4.59. The van der Waals surface area contributed by atoms with E-state index in [0.717, 1.165) is 22.8 Å². The van der Waals surface area contributed by atoms with Crippen molar-refractivity contribution in [1.82, 2.24) is 10.5 Å². The minimum Gasteiger partial charge on any atom is -0.464 e. The van der Waals surface area contributed by atoms with Crippen molar-refractivity contribution in [2.24, 2.45) is 5.92 Å². The lowest BCUT2D eigenvalue weighted by atomic mass is 9.97. The number of amides is 1. The molecule has 6 heteroatoms. The number of aryl methyl sites for hydroxylation is 1. The normalized spacial score (nSPS) is 19.6. The van der Waals surface area contributed by atoms with Gasteiger partial charge in [-0.15, -0.1) is 0 Å². The molecule has 0 bridgehead atoms. The van der Waals surface area contributed by atoms with Gasteiger partial charge >= 0.3 is 0 Å². The highest BCUT2D eigenvalue weighted by Gasteiger charge is 2.31. The minimum absolute atomic E-state index is 0.0554. The van der Waals surface area contributed by atoms with Crippen LogP contribution in [0.25, 0.3) is 11.3 Å². The van der Waals surface area contributed by atoms with Gasteiger partial charge in [0, 0.05) is 29.5 Å². The van der Waals surface area contributed by atoms with Gasteiger partial charge in [-0.1, -0.05) is 17.3 Å². The maximum Gasteiger partial charge on any atom is 0.251 e. The topological polar surface area (TPSA) is 77.5 Å². The molecule has 2 atom stereocenters. The largest absolute Gasteiger partial charge is 0.464 e. The van der Waals surface area contributed by atoms with Crippen molar-refractivity contribution in [2.75, 3.05) is 13.2 Å². The number of nitrogens with zero attached hydrogens (tertiary/aromatic N) is 1. The molecule has 0 radical (unpaired) electrons. The van der Waals surface area contributed by atoms with Gasteiger partial charge in [0.05, 0.1) is 31.2 Å². The van der Waals surface area contributed by atoms with Crippen LogP contribution >= 0.6 is 0 Å². The molecule has 1 saturated heterocycles. The molecule has 0 spiro atoms. The smallest absolute Gasteiger partial charge is 0.251 e. The highest BCUT2D eigenvalue weighted by atomic mass is 16.5. The molecule has 3 aromatic rings. The lowest BCUT2D eigenvalue weighted by Gasteiger charge is -2.18. The third kappa shape index (κ3) is 3.55. The fraction of sp³-hybridized carbons (Fsp3) is 0.300. The lowest BCUT2D eigenvalue weighted by Crippen LogP contribution is -2.40. The van der Waals surface area contributed by atoms with Crippen LogP contribution in [0, 0.1) is 12.8 Å². The number of rotatable bonds is 5. The van der Waals surface area contributed by atoms with Crippen molar-refractivity contribution in [1.29, 1.82) is 0 Å². The first-order valence-electron chi connectivity index (χ1n) is 8.64. The number of hydrogen-bond donors (Lipinski definition) is 1. The molecule has 134 valence electrons. The summed E-state index contributed by atoms with van der Waals surface area (Å²) in [7, 11) is 0. The van der Waals surface area contributed by atoms with Gasteiger partial charge in [-0.05, 0) is 31.2 Å². The molecule has 0 unspecified atom stereocenters. The monoisotopic (exact) mass is 352 g/mol. The Balaban J connectivity index is 1.44. The second-order valence-corrected chi connectivity index (χ2v) is 6.57. The Bertz CT molecular complexity index is 885. The van der Waals surface area contributed by atoms with Gasteiger partial charge in [-0.25, -0.2) is 0 Å². The maximum absolute atomic E-state index is 12.7. The van der Waals surface area contributed by atoms with Crippen LogP contribution in [0.2, 0.25) is 0 Å². The van der Waals surface area contributed by atoms with Gasteiger partial charge in [0.2, 0.25) is 0 Å². The molecule has 1 N–H and O–H groups in total. The second kappa shape index (κ2) is 7.17. The van der Waals surface area contributed by atoms with E-state index in [1.165, 1.54) is 0 Å². The maximum atomic E-state index is 12.7. The zero-order valence-corrected chi connectivity index (χ0v) is 14.5. The van der Waals surface area contributed by atoms with E-state index in [1.807, 2.05) is 43.3 Å². The molecule has 1 amide bonds. The van der Waals surface area contributed by atoms with Gasteiger partial charge in [-0.3, -0.25) is 4.79 Å². The van der Waals surface area contributed by atoms with Crippen LogP contribution in [-0.2, 0) is 11.2 Å². The summed E-state index contributed by atoms with van der Waals surface area (Å²) in [6.45, 7) is 2.99. The number of ether oxygens (including phenoxy) is 1. The fourth-order valence-electron chi connectivity index (χ4n) is 3.24. The summed E-state index contributed by atoms with van der Waals surface area (Å²) in [6.07, 6.45) is 2.31. The van der Waals surface area contributed by atoms with E-state index in [1.54, 1.807) is 12.3 Å². The van der Waals surface area contributed by atoms with Crippen molar-refractivity contribution >= 4 is 5.91 Å². The average molecular weight is 352 g/mol. The Kier molecular flexibility index (Phi) is 4.58. The van der Waals surface area contributed by atoms with Crippen molar-refractivity contribution in [3.05, 3.63) is 65.7 Å². The first kappa shape index (κ1) is 16.6. The standard InChI is InChI=1S/C20H20N2O4/c1-13-8-17(26-22-13)10-16-11-24-12-18(16)21-20(23)15-5-2-4-14(9-15)19-6-3-7-25-19/h2-9,16,18H,10-12H2,1H3,(H,21,23)/t16-,18+/m1/s1. The molecule has 0 aliphatic carbocycles. The van der Waals surface area contributed by atoms with E-state index in [9.17, 15) is 4.79 Å². The van der Waals surface area contributed by atoms with E-state index < -0.39 is 0 Å². The Morgan fingerprint density at radius 2 is 2.15 bits per heavy atom. The molecule has 2 aromatic heterocycles. The van der Waals surface area contributed by atoms with Gasteiger partial charge in [-0.2, -0.15) is 0 Å². The Morgan fingerprint density at radius 3 is 2.92 bits per heavy atom. The fourth-order valence-corrected chi connectivity index (χ4v) is 3.24. The van der Waals surface area contributed by atoms with E-state index in [2.05, 4.69) is 10.5 Å². The Labute approximate surface area is 151 Å². The van der Waals surface area contributed by atoms with E-state index in [-0.39, 0.29) is 17.9 Å². The predicted molar refractivity (Wildman–Crippen MR) is 94.7 cm³/mol. The summed E-state index contributed by atoms with van der Waals surface area (Å²) >= 11 is 0. The van der Waals surface area contributed by atoms with Gasteiger partial charge in [0.15, 0.2) is 0 Å². The number of carbonyl (C=O) groups excluding carboxylic acids is 1. The molecule has 1 aromatic carbocycles. The molecular formula is C20H20N2O4. The molecule has 1 aliphatic heterocycles. The Morgan fingerprint density at radius 1 is 1.23 bits per heavy atom. The summed E-state index contributed by atoms with van der Waals surface area (Å²) < 4.78 is 16.3. The van der Waals surface area contributed by atoms with Crippen LogP contribution in [0.15, 0.2) is 57.7 Å². The molecule has 4 rings (SSSR count). The van der Waals surface area contributed by atoms with Crippen LogP contribution in [0.5, 0.6) is 0 Å². The number of furan rings is 1. The third-order valence-corrected chi connectivity index (χ3v) is 4.59. The number of hydrogen-bond acceptors (Lipinski definition) is 5. The van der Waals surface area contributed by atoms with Crippen molar-refractivity contribution < 1.29 is 18.5 Å². The minimum atomic E-state index is -0.118. The van der Waals surface area contributed by atoms with Crippen LogP contribution in [0.1, 0.15) is 21.8 Å². The van der Waals surface area contributed by atoms with Crippen molar-refractivity contribution in [2.45, 2.75) is 19.4 Å². The quantitative estimate of drug-likeness (QED) is 0.763. The van der Waals surface area contributed by atoms with E-state index in [0.29, 0.717) is 25.2 Å². The molecule has 1 aliphatic rings. The van der Waals surface area contributed by atoms with Gasteiger partial charge in [0.25, 0.3) is 5.91 Å². The summed E-state index contributed by atoms with van der Waals surface area (Å²) in [4.78, 5) is 12.7. The van der Waals surface area contributed by atoms with E-state index >= 15 is 0 Å². The second-order valence-electron chi connectivity index (χ2n) is 6.57. The molecule has 0 saturated carbocycles. The number of nitrogens with one attached hydrogen (secondary N) is 1. The van der Waals surface area contributed by atoms with Gasteiger partial charge in [0.1, 0.15) is 11.5 Å². The molecule has 3 heterocycles. The zero-order valence-electron chi connectivity index (χ0n) is 14.5. The van der Waals surface area contributed by atoms with Gasteiger partial charge < -0.3 is 19.0 Å². The molecule has 6 nitrogen and oxygen atoms in total. The summed E-state index contributed by atoms with van der Waals surface area (Å²) in [5, 5.41) is 7.00. The number of benzene rings is 1. The Hall–Kier alpha value is -2.86. The van der Waals surface area contributed by atoms with E-state index in [4.69, 9.17) is 13.7 Å². The highest BCUT2D eigenvalue weighted by molar-refractivity contribution is 5.95. The van der Waals surface area contributed by atoms with Crippen LogP contribution < -0.4 is 5.32 Å². The summed E-state index contributed by atoms with van der Waals surface area (Å²) in [6, 6.07) is 13.0. The molecular weight excluding hydrogens is 332 g/mol.